The summed E-state index contributed by atoms with van der Waals surface area (Å²) in [6, 6.07) is 0. The summed E-state index contributed by atoms with van der Waals surface area (Å²) in [6.07, 6.45) is -3.09. The molecule has 0 amide bonds. The molecule has 0 saturated carbocycles. The first-order chi connectivity index (χ1) is 7.13. The molecule has 2 rings (SSSR count). The molecule has 2 heterocycles. The van der Waals surface area contributed by atoms with Gasteiger partial charge in [-0.1, -0.05) is 0 Å². The largest absolute Gasteiger partial charge is 0.462 e. The second-order valence-corrected chi connectivity index (χ2v) is 3.61. The first kappa shape index (κ1) is 10.8. The molecule has 2 saturated heterocycles. The van der Waals surface area contributed by atoms with Gasteiger partial charge in [0.25, 0.3) is 5.79 Å². The zero-order valence-corrected chi connectivity index (χ0v) is 8.31. The Morgan fingerprint density at radius 3 is 2.93 bits per heavy atom. The number of aliphatic hydroxyl groups is 1. The summed E-state index contributed by atoms with van der Waals surface area (Å²) in [4.78, 5) is 11.5. The number of carbonyl (C=O) groups is 1. The van der Waals surface area contributed by atoms with Crippen LogP contribution in [0, 0.1) is 0 Å². The number of aliphatic hydroxyl groups excluding tert-OH is 1. The lowest BCUT2D eigenvalue weighted by atomic mass is 10.0. The summed E-state index contributed by atoms with van der Waals surface area (Å²) in [6.45, 7) is 1.46. The van der Waals surface area contributed by atoms with Crippen LogP contribution in [0.1, 0.15) is 13.3 Å². The van der Waals surface area contributed by atoms with Gasteiger partial charge in [-0.15, -0.1) is 0 Å². The number of rotatable bonds is 3. The van der Waals surface area contributed by atoms with Crippen LogP contribution in [0.2, 0.25) is 0 Å². The van der Waals surface area contributed by atoms with Crippen molar-refractivity contribution in [2.45, 2.75) is 37.5 Å². The molecule has 0 aromatic rings. The van der Waals surface area contributed by atoms with Crippen molar-refractivity contribution in [3.05, 3.63) is 0 Å². The second-order valence-electron chi connectivity index (χ2n) is 3.61. The molecule has 0 aliphatic carbocycles. The van der Waals surface area contributed by atoms with Gasteiger partial charge in [0.2, 0.25) is 0 Å². The van der Waals surface area contributed by atoms with Crippen LogP contribution in [0.5, 0.6) is 0 Å². The maximum Gasteiger partial charge on any atom is 0.367 e. The van der Waals surface area contributed by atoms with Gasteiger partial charge in [-0.05, 0) is 6.92 Å². The normalized spacial score (nSPS) is 43.3. The fourth-order valence-corrected chi connectivity index (χ4v) is 1.97. The fraction of sp³-hybridized carbons (Fsp3) is 0.889. The van der Waals surface area contributed by atoms with Crippen molar-refractivity contribution in [3.8, 4) is 0 Å². The van der Waals surface area contributed by atoms with Crippen molar-refractivity contribution in [2.24, 2.45) is 0 Å². The van der Waals surface area contributed by atoms with Crippen LogP contribution >= 0.6 is 0 Å². The lowest BCUT2D eigenvalue weighted by Crippen LogP contribution is -2.45. The zero-order valence-electron chi connectivity index (χ0n) is 8.31. The van der Waals surface area contributed by atoms with E-state index in [-0.39, 0.29) is 19.6 Å². The Hall–Kier alpha value is -0.720. The lowest BCUT2D eigenvalue weighted by molar-refractivity contribution is -0.208. The van der Waals surface area contributed by atoms with E-state index in [1.165, 1.54) is 0 Å². The molecule has 0 unspecified atom stereocenters. The van der Waals surface area contributed by atoms with E-state index in [0.717, 1.165) is 0 Å². The highest BCUT2D eigenvalue weighted by Crippen LogP contribution is 2.44. The van der Waals surface area contributed by atoms with Gasteiger partial charge in [0, 0.05) is 6.42 Å². The van der Waals surface area contributed by atoms with Crippen molar-refractivity contribution < 1.29 is 28.5 Å². The molecule has 2 fully saturated rings. The number of hydrogen-bond donors (Lipinski definition) is 1. The molecule has 0 spiro atoms. The van der Waals surface area contributed by atoms with Crippen LogP contribution in [0.4, 0.5) is 4.39 Å². The van der Waals surface area contributed by atoms with E-state index >= 15 is 0 Å². The molecule has 1 N–H and O–H groups in total. The first-order valence-corrected chi connectivity index (χ1v) is 4.90. The number of hydrogen-bond acceptors (Lipinski definition) is 5. The lowest BCUT2D eigenvalue weighted by Gasteiger charge is -2.25. The molecule has 2 aliphatic rings. The summed E-state index contributed by atoms with van der Waals surface area (Å²) in [5.41, 5.74) is 0. The maximum atomic E-state index is 13.4. The van der Waals surface area contributed by atoms with Gasteiger partial charge in [-0.25, -0.2) is 9.18 Å². The van der Waals surface area contributed by atoms with Crippen LogP contribution in [0.3, 0.4) is 0 Å². The SMILES string of the molecule is CCOC(=O)[C@]12C[C@H](F)[C@H](O1)[C@H](CO)O2. The standard InChI is InChI=1S/C9H13FO5/c1-2-13-8(12)9-3-5(10)7(15-9)6(4-11)14-9/h5-7,11H,2-4H2,1H3/t5-,6-,7-,9-/m0/s1. The fourth-order valence-electron chi connectivity index (χ4n) is 1.97. The van der Waals surface area contributed by atoms with E-state index in [4.69, 9.17) is 19.3 Å². The minimum absolute atomic E-state index is 0.160. The number of esters is 1. The molecule has 86 valence electrons. The first-order valence-electron chi connectivity index (χ1n) is 4.90. The third-order valence-electron chi connectivity index (χ3n) is 2.62. The summed E-state index contributed by atoms with van der Waals surface area (Å²) < 4.78 is 28.5. The van der Waals surface area contributed by atoms with Crippen molar-refractivity contribution in [2.75, 3.05) is 13.2 Å². The van der Waals surface area contributed by atoms with Gasteiger partial charge in [0.05, 0.1) is 13.2 Å². The van der Waals surface area contributed by atoms with E-state index in [2.05, 4.69) is 0 Å². The monoisotopic (exact) mass is 220 g/mol. The van der Waals surface area contributed by atoms with E-state index < -0.39 is 30.1 Å². The molecule has 0 aromatic heterocycles. The van der Waals surface area contributed by atoms with Crippen LogP contribution in [-0.2, 0) is 19.0 Å². The average molecular weight is 220 g/mol. The van der Waals surface area contributed by atoms with Crippen LogP contribution in [-0.4, -0.2) is 48.5 Å². The van der Waals surface area contributed by atoms with Gasteiger partial charge in [0.15, 0.2) is 0 Å². The second kappa shape index (κ2) is 3.70. The molecule has 2 aliphatic heterocycles. The Bertz CT molecular complexity index is 267. The predicted octanol–water partition coefficient (Wildman–Crippen LogP) is -0.236. The maximum absolute atomic E-state index is 13.4. The Morgan fingerprint density at radius 2 is 2.40 bits per heavy atom. The molecule has 0 radical (unpaired) electrons. The van der Waals surface area contributed by atoms with E-state index in [0.29, 0.717) is 0 Å². The predicted molar refractivity (Wildman–Crippen MR) is 45.7 cm³/mol. The van der Waals surface area contributed by atoms with Crippen LogP contribution in [0.25, 0.3) is 0 Å². The third kappa shape index (κ3) is 1.53. The molecular weight excluding hydrogens is 207 g/mol. The summed E-state index contributed by atoms with van der Waals surface area (Å²) in [5.74, 6) is -2.35. The molecular formula is C9H13FO5. The molecule has 15 heavy (non-hydrogen) atoms. The van der Waals surface area contributed by atoms with Crippen molar-refractivity contribution in [1.29, 1.82) is 0 Å². The quantitative estimate of drug-likeness (QED) is 0.665. The number of carbonyl (C=O) groups excluding carboxylic acids is 1. The molecule has 6 heteroatoms. The highest BCUT2D eigenvalue weighted by molar-refractivity contribution is 5.79. The zero-order chi connectivity index (χ0) is 11.1. The number of halogens is 1. The van der Waals surface area contributed by atoms with Crippen molar-refractivity contribution in [3.63, 3.8) is 0 Å². The Kier molecular flexibility index (Phi) is 2.66. The van der Waals surface area contributed by atoms with E-state index in [1.54, 1.807) is 6.92 Å². The summed E-state index contributed by atoms with van der Waals surface area (Å²) in [5, 5.41) is 8.91. The Labute approximate surface area is 86.1 Å². The Morgan fingerprint density at radius 1 is 1.67 bits per heavy atom. The third-order valence-corrected chi connectivity index (χ3v) is 2.62. The smallest absolute Gasteiger partial charge is 0.367 e. The minimum Gasteiger partial charge on any atom is -0.462 e. The Balaban J connectivity index is 2.13. The highest BCUT2D eigenvalue weighted by atomic mass is 19.1. The summed E-state index contributed by atoms with van der Waals surface area (Å²) >= 11 is 0. The van der Waals surface area contributed by atoms with Gasteiger partial charge in [-0.3, -0.25) is 0 Å². The van der Waals surface area contributed by atoms with Crippen LogP contribution < -0.4 is 0 Å². The van der Waals surface area contributed by atoms with Gasteiger partial charge in [-0.2, -0.15) is 0 Å². The van der Waals surface area contributed by atoms with Crippen molar-refractivity contribution in [1.82, 2.24) is 0 Å². The molecule has 4 atom stereocenters. The van der Waals surface area contributed by atoms with Crippen LogP contribution in [0.15, 0.2) is 0 Å². The topological polar surface area (TPSA) is 65.0 Å². The average Bonchev–Trinajstić information content (AvgIpc) is 2.73. The molecule has 2 bridgehead atoms. The molecule has 5 nitrogen and oxygen atoms in total. The van der Waals surface area contributed by atoms with Gasteiger partial charge < -0.3 is 19.3 Å². The summed E-state index contributed by atoms with van der Waals surface area (Å²) in [7, 11) is 0. The van der Waals surface area contributed by atoms with E-state index in [1.807, 2.05) is 0 Å². The number of alkyl halides is 1. The highest BCUT2D eigenvalue weighted by Gasteiger charge is 2.64. The van der Waals surface area contributed by atoms with Gasteiger partial charge in [0.1, 0.15) is 18.4 Å². The number of ether oxygens (including phenoxy) is 3. The van der Waals surface area contributed by atoms with Gasteiger partial charge >= 0.3 is 5.97 Å². The van der Waals surface area contributed by atoms with Crippen molar-refractivity contribution >= 4 is 5.97 Å². The number of fused-ring (bicyclic) bond motifs is 2. The minimum atomic E-state index is -1.63. The van der Waals surface area contributed by atoms with E-state index in [9.17, 15) is 9.18 Å². The molecule has 0 aromatic carbocycles.